The van der Waals surface area contributed by atoms with Gasteiger partial charge < -0.3 is 5.73 Å². The van der Waals surface area contributed by atoms with E-state index < -0.39 is 10.0 Å². The molecule has 1 heterocycles. The summed E-state index contributed by atoms with van der Waals surface area (Å²) in [5.74, 6) is 0.345. The fourth-order valence-electron chi connectivity index (χ4n) is 1.72. The van der Waals surface area contributed by atoms with Crippen LogP contribution in [0.3, 0.4) is 0 Å². The van der Waals surface area contributed by atoms with Crippen molar-refractivity contribution in [3.63, 3.8) is 0 Å². The molecule has 0 saturated heterocycles. The third kappa shape index (κ3) is 3.77. The quantitative estimate of drug-likeness (QED) is 0.808. The largest absolute Gasteiger partial charge is 0.327 e. The highest BCUT2D eigenvalue weighted by Crippen LogP contribution is 2.15. The van der Waals surface area contributed by atoms with Crippen molar-refractivity contribution in [1.82, 2.24) is 14.1 Å². The number of hydrogen-bond donors (Lipinski definition) is 1. The summed E-state index contributed by atoms with van der Waals surface area (Å²) < 4.78 is 27.6. The molecule has 1 aromatic rings. The smallest absolute Gasteiger partial charge is 0.259 e. The van der Waals surface area contributed by atoms with Crippen LogP contribution >= 0.6 is 0 Å². The maximum atomic E-state index is 12.4. The number of nitrogens with two attached hydrogens (primary N) is 1. The van der Waals surface area contributed by atoms with Gasteiger partial charge in [-0.25, -0.2) is 8.42 Å². The average molecular weight is 288 g/mol. The van der Waals surface area contributed by atoms with Crippen molar-refractivity contribution in [1.29, 1.82) is 0 Å². The molecule has 0 aliphatic carbocycles. The van der Waals surface area contributed by atoms with Crippen molar-refractivity contribution in [3.05, 3.63) is 12.3 Å². The molecule has 0 amide bonds. The number of rotatable bonds is 7. The molecule has 0 aromatic carbocycles. The van der Waals surface area contributed by atoms with Crippen LogP contribution in [-0.2, 0) is 16.6 Å². The second-order valence-electron chi connectivity index (χ2n) is 5.01. The SMILES string of the molecule is CCn1nccc1S(=O)(=O)N(C)CCC(N)C(C)C. The first kappa shape index (κ1) is 16.1. The molecule has 0 aliphatic rings. The van der Waals surface area contributed by atoms with E-state index in [1.54, 1.807) is 7.05 Å². The van der Waals surface area contributed by atoms with E-state index in [1.165, 1.54) is 21.3 Å². The highest BCUT2D eigenvalue weighted by Gasteiger charge is 2.24. The Balaban J connectivity index is 2.78. The molecule has 0 bridgehead atoms. The second-order valence-corrected chi connectivity index (χ2v) is 7.00. The van der Waals surface area contributed by atoms with Gasteiger partial charge in [-0.1, -0.05) is 13.8 Å². The van der Waals surface area contributed by atoms with Gasteiger partial charge in [-0.05, 0) is 25.3 Å². The van der Waals surface area contributed by atoms with Crippen molar-refractivity contribution in [2.75, 3.05) is 13.6 Å². The standard InChI is InChI=1S/C12H24N4O2S/c1-5-16-12(6-8-14-16)19(17,18)15(4)9-7-11(13)10(2)3/h6,8,10-11H,5,7,9,13H2,1-4H3. The molecule has 0 saturated carbocycles. The van der Waals surface area contributed by atoms with E-state index in [4.69, 9.17) is 5.73 Å². The van der Waals surface area contributed by atoms with Gasteiger partial charge in [0.15, 0.2) is 5.03 Å². The zero-order valence-corrected chi connectivity index (χ0v) is 12.9. The fourth-order valence-corrected chi connectivity index (χ4v) is 3.06. The average Bonchev–Trinajstić information content (AvgIpc) is 2.83. The lowest BCUT2D eigenvalue weighted by Crippen LogP contribution is -2.35. The van der Waals surface area contributed by atoms with E-state index >= 15 is 0 Å². The number of hydrogen-bond acceptors (Lipinski definition) is 4. The Morgan fingerprint density at radius 2 is 2.11 bits per heavy atom. The molecule has 1 unspecified atom stereocenters. The first-order valence-corrected chi connectivity index (χ1v) is 7.98. The third-order valence-corrected chi connectivity index (χ3v) is 5.16. The Morgan fingerprint density at radius 3 is 2.63 bits per heavy atom. The molecule has 7 heteroatoms. The van der Waals surface area contributed by atoms with Crippen molar-refractivity contribution < 1.29 is 8.42 Å². The molecule has 1 rings (SSSR count). The summed E-state index contributed by atoms with van der Waals surface area (Å²) in [5.41, 5.74) is 5.94. The van der Waals surface area contributed by atoms with Crippen LogP contribution in [0.25, 0.3) is 0 Å². The minimum absolute atomic E-state index is 0.00809. The second kappa shape index (κ2) is 6.49. The van der Waals surface area contributed by atoms with Crippen LogP contribution in [0.4, 0.5) is 0 Å². The first-order valence-electron chi connectivity index (χ1n) is 6.54. The summed E-state index contributed by atoms with van der Waals surface area (Å²) in [5, 5.41) is 4.23. The van der Waals surface area contributed by atoms with Crippen molar-refractivity contribution in [2.24, 2.45) is 11.7 Å². The summed E-state index contributed by atoms with van der Waals surface area (Å²) in [7, 11) is -1.90. The van der Waals surface area contributed by atoms with Gasteiger partial charge in [-0.15, -0.1) is 0 Å². The lowest BCUT2D eigenvalue weighted by Gasteiger charge is -2.21. The van der Waals surface area contributed by atoms with E-state index in [1.807, 2.05) is 20.8 Å². The number of aromatic nitrogens is 2. The molecule has 1 atom stereocenters. The van der Waals surface area contributed by atoms with Crippen LogP contribution in [0.15, 0.2) is 17.3 Å². The lowest BCUT2D eigenvalue weighted by atomic mass is 10.0. The highest BCUT2D eigenvalue weighted by molar-refractivity contribution is 7.89. The summed E-state index contributed by atoms with van der Waals surface area (Å²) in [6.45, 7) is 6.87. The number of nitrogens with zero attached hydrogens (tertiary/aromatic N) is 3. The Labute approximate surface area is 115 Å². The van der Waals surface area contributed by atoms with E-state index in [0.29, 0.717) is 25.4 Å². The van der Waals surface area contributed by atoms with E-state index in [9.17, 15) is 8.42 Å². The Kier molecular flexibility index (Phi) is 5.51. The van der Waals surface area contributed by atoms with E-state index in [2.05, 4.69) is 5.10 Å². The van der Waals surface area contributed by atoms with Gasteiger partial charge >= 0.3 is 0 Å². The molecule has 19 heavy (non-hydrogen) atoms. The summed E-state index contributed by atoms with van der Waals surface area (Å²) >= 11 is 0. The van der Waals surface area contributed by atoms with Gasteiger partial charge in [0.2, 0.25) is 0 Å². The minimum Gasteiger partial charge on any atom is -0.327 e. The van der Waals surface area contributed by atoms with Crippen LogP contribution in [0.1, 0.15) is 27.2 Å². The normalized spacial score (nSPS) is 14.3. The zero-order chi connectivity index (χ0) is 14.6. The van der Waals surface area contributed by atoms with Gasteiger partial charge in [0.1, 0.15) is 0 Å². The summed E-state index contributed by atoms with van der Waals surface area (Å²) in [6, 6.07) is 1.53. The molecular formula is C12H24N4O2S. The zero-order valence-electron chi connectivity index (χ0n) is 12.1. The summed E-state index contributed by atoms with van der Waals surface area (Å²) in [6.07, 6.45) is 2.15. The van der Waals surface area contributed by atoms with Crippen molar-refractivity contribution in [3.8, 4) is 0 Å². The van der Waals surface area contributed by atoms with E-state index in [-0.39, 0.29) is 11.1 Å². The Morgan fingerprint density at radius 1 is 1.47 bits per heavy atom. The molecule has 0 spiro atoms. The van der Waals surface area contributed by atoms with Gasteiger partial charge in [0.05, 0.1) is 6.20 Å². The Hall–Kier alpha value is -0.920. The lowest BCUT2D eigenvalue weighted by molar-refractivity contribution is 0.394. The van der Waals surface area contributed by atoms with Gasteiger partial charge in [-0.3, -0.25) is 4.68 Å². The van der Waals surface area contributed by atoms with Gasteiger partial charge in [-0.2, -0.15) is 9.40 Å². The molecule has 6 nitrogen and oxygen atoms in total. The fraction of sp³-hybridized carbons (Fsp3) is 0.750. The Bertz CT molecular complexity index is 496. The number of sulfonamides is 1. The van der Waals surface area contributed by atoms with Crippen LogP contribution in [0, 0.1) is 5.92 Å². The molecular weight excluding hydrogens is 264 g/mol. The molecule has 0 aliphatic heterocycles. The predicted octanol–water partition coefficient (Wildman–Crippen LogP) is 0.897. The maximum absolute atomic E-state index is 12.4. The van der Waals surface area contributed by atoms with Crippen molar-refractivity contribution in [2.45, 2.75) is 44.8 Å². The predicted molar refractivity (Wildman–Crippen MR) is 75.1 cm³/mol. The molecule has 2 N–H and O–H groups in total. The van der Waals surface area contributed by atoms with Gasteiger partial charge in [0, 0.05) is 26.2 Å². The van der Waals surface area contributed by atoms with Crippen molar-refractivity contribution >= 4 is 10.0 Å². The van der Waals surface area contributed by atoms with E-state index in [0.717, 1.165) is 0 Å². The van der Waals surface area contributed by atoms with Crippen LogP contribution in [-0.4, -0.2) is 42.1 Å². The molecule has 0 fully saturated rings. The summed E-state index contributed by atoms with van der Waals surface area (Å²) in [4.78, 5) is 0. The van der Waals surface area contributed by atoms with Crippen LogP contribution in [0.2, 0.25) is 0 Å². The number of aryl methyl sites for hydroxylation is 1. The van der Waals surface area contributed by atoms with Gasteiger partial charge in [0.25, 0.3) is 10.0 Å². The molecule has 0 radical (unpaired) electrons. The first-order chi connectivity index (χ1) is 8.80. The maximum Gasteiger partial charge on any atom is 0.259 e. The van der Waals surface area contributed by atoms with Crippen LogP contribution < -0.4 is 5.73 Å². The monoisotopic (exact) mass is 288 g/mol. The highest BCUT2D eigenvalue weighted by atomic mass is 32.2. The third-order valence-electron chi connectivity index (χ3n) is 3.29. The topological polar surface area (TPSA) is 81.2 Å². The molecule has 1 aromatic heterocycles. The molecule has 110 valence electrons. The minimum atomic E-state index is -3.48. The van der Waals surface area contributed by atoms with Crippen LogP contribution in [0.5, 0.6) is 0 Å².